The fraction of sp³-hybridized carbons (Fsp3) is 0.500. The van der Waals surface area contributed by atoms with E-state index in [4.69, 9.17) is 9.47 Å². The van der Waals surface area contributed by atoms with Gasteiger partial charge in [0, 0.05) is 13.2 Å². The Kier molecular flexibility index (Phi) is 5.22. The molecule has 1 heterocycles. The average Bonchev–Trinajstić information content (AvgIpc) is 2.88. The van der Waals surface area contributed by atoms with Crippen molar-refractivity contribution in [3.8, 4) is 5.75 Å². The highest BCUT2D eigenvalue weighted by Gasteiger charge is 2.16. The van der Waals surface area contributed by atoms with Crippen LogP contribution in [-0.4, -0.2) is 31.8 Å². The van der Waals surface area contributed by atoms with Crippen molar-refractivity contribution in [3.05, 3.63) is 28.2 Å². The highest BCUT2D eigenvalue weighted by atomic mass is 79.9. The maximum Gasteiger partial charge on any atom is 0.258 e. The molecule has 0 radical (unpaired) electrons. The third-order valence-corrected chi connectivity index (χ3v) is 3.62. The molecular weight excluding hydrogens is 310 g/mol. The van der Waals surface area contributed by atoms with E-state index in [1.165, 1.54) is 0 Å². The molecule has 1 aromatic rings. The summed E-state index contributed by atoms with van der Waals surface area (Å²) in [6.07, 6.45) is 2.26. The van der Waals surface area contributed by atoms with Gasteiger partial charge >= 0.3 is 0 Å². The second-order valence-electron chi connectivity index (χ2n) is 4.66. The summed E-state index contributed by atoms with van der Waals surface area (Å²) in [4.78, 5) is 11.6. The molecule has 1 fully saturated rings. The second kappa shape index (κ2) is 6.91. The van der Waals surface area contributed by atoms with E-state index in [9.17, 15) is 4.79 Å². The number of halogens is 1. The van der Waals surface area contributed by atoms with Crippen molar-refractivity contribution in [1.82, 2.24) is 5.32 Å². The fourth-order valence-electron chi connectivity index (χ4n) is 1.95. The summed E-state index contributed by atoms with van der Waals surface area (Å²) in [5.41, 5.74) is 1.14. The van der Waals surface area contributed by atoms with E-state index >= 15 is 0 Å². The lowest BCUT2D eigenvalue weighted by Gasteiger charge is -2.12. The number of carbonyl (C=O) groups excluding carboxylic acids is 1. The zero-order valence-corrected chi connectivity index (χ0v) is 12.5. The molecule has 0 spiro atoms. The Hall–Kier alpha value is -1.07. The highest BCUT2D eigenvalue weighted by Crippen LogP contribution is 2.25. The molecule has 1 N–H and O–H groups in total. The number of amides is 1. The second-order valence-corrected chi connectivity index (χ2v) is 5.52. The number of benzene rings is 1. The Balaban J connectivity index is 1.73. The highest BCUT2D eigenvalue weighted by molar-refractivity contribution is 9.10. The Morgan fingerprint density at radius 2 is 2.42 bits per heavy atom. The minimum Gasteiger partial charge on any atom is -0.483 e. The van der Waals surface area contributed by atoms with Crippen LogP contribution in [0.5, 0.6) is 5.75 Å². The zero-order valence-electron chi connectivity index (χ0n) is 10.9. The van der Waals surface area contributed by atoms with Crippen molar-refractivity contribution in [3.63, 3.8) is 0 Å². The van der Waals surface area contributed by atoms with Crippen molar-refractivity contribution in [2.45, 2.75) is 25.9 Å². The zero-order chi connectivity index (χ0) is 13.7. The molecule has 2 rings (SSSR count). The summed E-state index contributed by atoms with van der Waals surface area (Å²) < 4.78 is 11.8. The van der Waals surface area contributed by atoms with E-state index < -0.39 is 0 Å². The molecule has 0 saturated carbocycles. The monoisotopic (exact) mass is 327 g/mol. The lowest BCUT2D eigenvalue weighted by molar-refractivity contribution is -0.123. The first-order valence-corrected chi connectivity index (χ1v) is 7.21. The molecule has 1 amide bonds. The Bertz CT molecular complexity index is 444. The molecule has 4 nitrogen and oxygen atoms in total. The molecule has 19 heavy (non-hydrogen) atoms. The SMILES string of the molecule is Cc1ccc(OCC(=O)NC[C@H]2CCCO2)c(Br)c1. The number of nitrogens with one attached hydrogen (secondary N) is 1. The van der Waals surface area contributed by atoms with Crippen LogP contribution in [0.25, 0.3) is 0 Å². The van der Waals surface area contributed by atoms with Crippen molar-refractivity contribution in [1.29, 1.82) is 0 Å². The summed E-state index contributed by atoms with van der Waals surface area (Å²) in [6.45, 7) is 3.39. The number of hydrogen-bond acceptors (Lipinski definition) is 3. The number of aryl methyl sites for hydroxylation is 1. The predicted octanol–water partition coefficient (Wildman–Crippen LogP) is 2.43. The average molecular weight is 328 g/mol. The van der Waals surface area contributed by atoms with Crippen LogP contribution in [0.15, 0.2) is 22.7 Å². The first-order valence-electron chi connectivity index (χ1n) is 6.42. The smallest absolute Gasteiger partial charge is 0.258 e. The first kappa shape index (κ1) is 14.3. The van der Waals surface area contributed by atoms with Gasteiger partial charge in [-0.25, -0.2) is 0 Å². The largest absolute Gasteiger partial charge is 0.483 e. The standard InChI is InChI=1S/C14H18BrNO3/c1-10-4-5-13(12(15)7-10)19-9-14(17)16-8-11-3-2-6-18-11/h4-5,7,11H,2-3,6,8-9H2,1H3,(H,16,17)/t11-/m1/s1. The van der Waals surface area contributed by atoms with Crippen LogP contribution in [-0.2, 0) is 9.53 Å². The van der Waals surface area contributed by atoms with Gasteiger partial charge in [0.2, 0.25) is 0 Å². The van der Waals surface area contributed by atoms with Gasteiger partial charge in [0.25, 0.3) is 5.91 Å². The molecule has 104 valence electrons. The third-order valence-electron chi connectivity index (χ3n) is 3.00. The van der Waals surface area contributed by atoms with Gasteiger partial charge in [0.1, 0.15) is 5.75 Å². The molecule has 0 aliphatic carbocycles. The molecule has 1 aliphatic rings. The molecule has 1 aliphatic heterocycles. The minimum atomic E-state index is -0.122. The summed E-state index contributed by atoms with van der Waals surface area (Å²) in [5, 5.41) is 2.82. The molecular formula is C14H18BrNO3. The Morgan fingerprint density at radius 3 is 3.11 bits per heavy atom. The number of rotatable bonds is 5. The Morgan fingerprint density at radius 1 is 1.58 bits per heavy atom. The normalized spacial score (nSPS) is 18.3. The molecule has 1 aromatic carbocycles. The van der Waals surface area contributed by atoms with E-state index in [0.29, 0.717) is 12.3 Å². The number of carbonyl (C=O) groups is 1. The van der Waals surface area contributed by atoms with Crippen molar-refractivity contribution >= 4 is 21.8 Å². The van der Waals surface area contributed by atoms with Gasteiger partial charge in [0.05, 0.1) is 10.6 Å². The van der Waals surface area contributed by atoms with E-state index in [1.807, 2.05) is 25.1 Å². The molecule has 1 atom stereocenters. The van der Waals surface area contributed by atoms with Crippen LogP contribution in [0.1, 0.15) is 18.4 Å². The molecule has 0 bridgehead atoms. The van der Waals surface area contributed by atoms with Crippen molar-refractivity contribution in [2.75, 3.05) is 19.8 Å². The predicted molar refractivity (Wildman–Crippen MR) is 76.4 cm³/mol. The van der Waals surface area contributed by atoms with Crippen LogP contribution < -0.4 is 10.1 Å². The van der Waals surface area contributed by atoms with Gasteiger partial charge in [0.15, 0.2) is 6.61 Å². The quantitative estimate of drug-likeness (QED) is 0.903. The molecule has 0 aromatic heterocycles. The fourth-order valence-corrected chi connectivity index (χ4v) is 2.56. The lowest BCUT2D eigenvalue weighted by atomic mass is 10.2. The van der Waals surface area contributed by atoms with Crippen LogP contribution >= 0.6 is 15.9 Å². The topological polar surface area (TPSA) is 47.6 Å². The lowest BCUT2D eigenvalue weighted by Crippen LogP contribution is -2.35. The van der Waals surface area contributed by atoms with Gasteiger partial charge < -0.3 is 14.8 Å². The van der Waals surface area contributed by atoms with Crippen LogP contribution in [0.4, 0.5) is 0 Å². The number of hydrogen-bond donors (Lipinski definition) is 1. The summed E-state index contributed by atoms with van der Waals surface area (Å²) in [6, 6.07) is 5.76. The van der Waals surface area contributed by atoms with Gasteiger partial charge in [-0.05, 0) is 53.4 Å². The van der Waals surface area contributed by atoms with Gasteiger partial charge in [-0.3, -0.25) is 4.79 Å². The molecule has 1 saturated heterocycles. The van der Waals surface area contributed by atoms with E-state index in [1.54, 1.807) is 0 Å². The van der Waals surface area contributed by atoms with Crippen molar-refractivity contribution < 1.29 is 14.3 Å². The van der Waals surface area contributed by atoms with E-state index in [-0.39, 0.29) is 18.6 Å². The maximum atomic E-state index is 11.6. The van der Waals surface area contributed by atoms with Crippen LogP contribution in [0.2, 0.25) is 0 Å². The van der Waals surface area contributed by atoms with Gasteiger partial charge in [-0.15, -0.1) is 0 Å². The number of ether oxygens (including phenoxy) is 2. The van der Waals surface area contributed by atoms with E-state index in [2.05, 4.69) is 21.2 Å². The summed E-state index contributed by atoms with van der Waals surface area (Å²) >= 11 is 3.41. The maximum absolute atomic E-state index is 11.6. The van der Waals surface area contributed by atoms with E-state index in [0.717, 1.165) is 29.5 Å². The first-order chi connectivity index (χ1) is 9.15. The Labute approximate surface area is 121 Å². The van der Waals surface area contributed by atoms with Gasteiger partial charge in [-0.1, -0.05) is 6.07 Å². The molecule has 0 unspecified atom stereocenters. The van der Waals surface area contributed by atoms with Crippen LogP contribution in [0.3, 0.4) is 0 Å². The summed E-state index contributed by atoms with van der Waals surface area (Å²) in [7, 11) is 0. The van der Waals surface area contributed by atoms with Gasteiger partial charge in [-0.2, -0.15) is 0 Å². The minimum absolute atomic E-state index is 0.0222. The van der Waals surface area contributed by atoms with Crippen molar-refractivity contribution in [2.24, 2.45) is 0 Å². The van der Waals surface area contributed by atoms with Crippen LogP contribution in [0, 0.1) is 6.92 Å². The molecule has 5 heteroatoms. The third kappa shape index (κ3) is 4.51. The summed E-state index contributed by atoms with van der Waals surface area (Å²) in [5.74, 6) is 0.556.